The predicted molar refractivity (Wildman–Crippen MR) is 151 cm³/mol. The number of fused-ring (bicyclic) bond motifs is 1. The molecule has 1 heterocycles. The fraction of sp³-hybridized carbons (Fsp3) is 0.387. The monoisotopic (exact) mass is 551 g/mol. The summed E-state index contributed by atoms with van der Waals surface area (Å²) in [5, 5.41) is 0. The average Bonchev–Trinajstić information content (AvgIpc) is 3.23. The number of hydrogen-bond donors (Lipinski definition) is 1. The Bertz CT molecular complexity index is 1360. The van der Waals surface area contributed by atoms with E-state index in [9.17, 15) is 13.2 Å². The normalized spacial score (nSPS) is 17.7. The summed E-state index contributed by atoms with van der Waals surface area (Å²) in [4.78, 5) is 15.4. The lowest BCUT2D eigenvalue weighted by Gasteiger charge is -2.32. The first-order valence-electron chi connectivity index (χ1n) is 13.3. The van der Waals surface area contributed by atoms with Gasteiger partial charge in [0.25, 0.3) is 10.1 Å². The molecule has 1 aliphatic carbocycles. The van der Waals surface area contributed by atoms with E-state index < -0.39 is 10.1 Å². The number of aryl methyl sites for hydroxylation is 1. The molecule has 5 rings (SSSR count). The van der Waals surface area contributed by atoms with E-state index in [2.05, 4.69) is 35.2 Å². The van der Waals surface area contributed by atoms with Crippen molar-refractivity contribution in [2.75, 3.05) is 27.3 Å². The van der Waals surface area contributed by atoms with Crippen LogP contribution >= 0.6 is 0 Å². The second-order valence-electron chi connectivity index (χ2n) is 10.4. The van der Waals surface area contributed by atoms with Crippen LogP contribution in [0, 0.1) is 18.8 Å². The fourth-order valence-corrected chi connectivity index (χ4v) is 5.90. The van der Waals surface area contributed by atoms with Crippen LogP contribution in [0.4, 0.5) is 0 Å². The first-order chi connectivity index (χ1) is 18.7. The lowest BCUT2D eigenvalue weighted by atomic mass is 9.85. The molecule has 2 aliphatic rings. The number of ether oxygens (including phenoxy) is 2. The maximum Gasteiger partial charge on any atom is 0.294 e. The van der Waals surface area contributed by atoms with Crippen molar-refractivity contribution < 1.29 is 27.2 Å². The minimum atomic E-state index is -4.02. The largest absolute Gasteiger partial charge is 0.493 e. The molecular weight excluding hydrogens is 514 g/mol. The maximum absolute atomic E-state index is 12.9. The van der Waals surface area contributed by atoms with Crippen molar-refractivity contribution in [3.63, 3.8) is 0 Å². The van der Waals surface area contributed by atoms with E-state index >= 15 is 0 Å². The smallest absolute Gasteiger partial charge is 0.294 e. The van der Waals surface area contributed by atoms with Gasteiger partial charge >= 0.3 is 0 Å². The van der Waals surface area contributed by atoms with E-state index in [1.807, 2.05) is 19.1 Å². The Morgan fingerprint density at radius 3 is 2.13 bits per heavy atom. The van der Waals surface area contributed by atoms with Crippen molar-refractivity contribution in [1.29, 1.82) is 0 Å². The highest BCUT2D eigenvalue weighted by molar-refractivity contribution is 7.85. The van der Waals surface area contributed by atoms with Crippen molar-refractivity contribution in [1.82, 2.24) is 4.90 Å². The van der Waals surface area contributed by atoms with E-state index in [1.54, 1.807) is 26.4 Å². The number of ketones is 1. The van der Waals surface area contributed by atoms with Gasteiger partial charge in [-0.2, -0.15) is 8.42 Å². The van der Waals surface area contributed by atoms with Gasteiger partial charge in [0.2, 0.25) is 0 Å². The molecule has 7 nitrogen and oxygen atoms in total. The highest BCUT2D eigenvalue weighted by Crippen LogP contribution is 2.39. The molecule has 0 spiro atoms. The van der Waals surface area contributed by atoms with Gasteiger partial charge in [-0.05, 0) is 87.0 Å². The molecule has 0 bridgehead atoms. The highest BCUT2D eigenvalue weighted by atomic mass is 32.2. The molecule has 39 heavy (non-hydrogen) atoms. The molecule has 0 radical (unpaired) electrons. The Balaban J connectivity index is 0.000000270. The molecule has 0 amide bonds. The Morgan fingerprint density at radius 2 is 1.54 bits per heavy atom. The second kappa shape index (κ2) is 12.8. The first-order valence-corrected chi connectivity index (χ1v) is 14.7. The van der Waals surface area contributed by atoms with Crippen molar-refractivity contribution in [2.24, 2.45) is 11.8 Å². The van der Waals surface area contributed by atoms with Crippen LogP contribution in [0.2, 0.25) is 0 Å². The molecule has 0 saturated carbocycles. The average molecular weight is 552 g/mol. The first kappa shape index (κ1) is 28.8. The molecule has 1 N–H and O–H groups in total. The number of carbonyl (C=O) groups is 1. The molecule has 1 aliphatic heterocycles. The van der Waals surface area contributed by atoms with Crippen LogP contribution in [0.15, 0.2) is 71.6 Å². The summed E-state index contributed by atoms with van der Waals surface area (Å²) in [5.41, 5.74) is 4.26. The van der Waals surface area contributed by atoms with Crippen molar-refractivity contribution in [3.05, 3.63) is 89.0 Å². The topological polar surface area (TPSA) is 93.1 Å². The second-order valence-corrected chi connectivity index (χ2v) is 11.8. The molecule has 0 aromatic heterocycles. The van der Waals surface area contributed by atoms with Gasteiger partial charge in [-0.25, -0.2) is 0 Å². The molecule has 1 fully saturated rings. The van der Waals surface area contributed by atoms with Gasteiger partial charge in [0.1, 0.15) is 0 Å². The third-order valence-corrected chi connectivity index (χ3v) is 8.47. The van der Waals surface area contributed by atoms with Gasteiger partial charge in [-0.15, -0.1) is 0 Å². The summed E-state index contributed by atoms with van der Waals surface area (Å²) in [6.07, 6.45) is 4.19. The summed E-state index contributed by atoms with van der Waals surface area (Å²) in [5.74, 6) is 2.38. The number of benzene rings is 3. The van der Waals surface area contributed by atoms with Crippen LogP contribution in [0.1, 0.15) is 46.3 Å². The van der Waals surface area contributed by atoms with Crippen molar-refractivity contribution in [3.8, 4) is 11.5 Å². The Kier molecular flexibility index (Phi) is 9.43. The van der Waals surface area contributed by atoms with Gasteiger partial charge in [0.15, 0.2) is 17.3 Å². The molecule has 8 heteroatoms. The van der Waals surface area contributed by atoms with E-state index in [-0.39, 0.29) is 16.6 Å². The third-order valence-electron chi connectivity index (χ3n) is 7.60. The van der Waals surface area contributed by atoms with Gasteiger partial charge in [-0.3, -0.25) is 14.2 Å². The number of hydrogen-bond acceptors (Lipinski definition) is 6. The molecule has 3 aromatic carbocycles. The molecule has 3 aromatic rings. The predicted octanol–water partition coefficient (Wildman–Crippen LogP) is 5.60. The summed E-state index contributed by atoms with van der Waals surface area (Å²) >= 11 is 0. The van der Waals surface area contributed by atoms with E-state index in [1.165, 1.54) is 30.5 Å². The van der Waals surface area contributed by atoms with E-state index in [4.69, 9.17) is 14.0 Å². The molecular formula is C31H37NO6S. The highest BCUT2D eigenvalue weighted by Gasteiger charge is 2.34. The number of methoxy groups -OCH3 is 2. The zero-order chi connectivity index (χ0) is 28.0. The van der Waals surface area contributed by atoms with Crippen molar-refractivity contribution in [2.45, 2.75) is 44.0 Å². The van der Waals surface area contributed by atoms with Crippen LogP contribution < -0.4 is 9.47 Å². The van der Waals surface area contributed by atoms with E-state index in [0.29, 0.717) is 17.4 Å². The van der Waals surface area contributed by atoms with Gasteiger partial charge < -0.3 is 9.47 Å². The Hall–Kier alpha value is -3.20. The van der Waals surface area contributed by atoms with Crippen LogP contribution in [0.3, 0.4) is 0 Å². The number of rotatable bonds is 7. The minimum absolute atomic E-state index is 0.0666. The molecule has 1 saturated heterocycles. The van der Waals surface area contributed by atoms with E-state index in [0.717, 1.165) is 49.2 Å². The van der Waals surface area contributed by atoms with Gasteiger partial charge in [-0.1, -0.05) is 48.0 Å². The summed E-state index contributed by atoms with van der Waals surface area (Å²) < 4.78 is 40.3. The lowest BCUT2D eigenvalue weighted by molar-refractivity contribution is 0.0895. The molecule has 1 unspecified atom stereocenters. The molecule has 1 atom stereocenters. The summed E-state index contributed by atoms with van der Waals surface area (Å²) in [7, 11) is -0.764. The Labute approximate surface area is 231 Å². The number of nitrogens with zero attached hydrogens (tertiary/aromatic N) is 1. The van der Waals surface area contributed by atoms with Crippen LogP contribution in [0.25, 0.3) is 0 Å². The summed E-state index contributed by atoms with van der Waals surface area (Å²) in [6.45, 7) is 5.11. The third kappa shape index (κ3) is 7.47. The number of piperidine rings is 1. The summed E-state index contributed by atoms with van der Waals surface area (Å²) in [6, 6.07) is 20.5. The van der Waals surface area contributed by atoms with Gasteiger partial charge in [0, 0.05) is 18.0 Å². The Morgan fingerprint density at radius 1 is 0.923 bits per heavy atom. The zero-order valence-electron chi connectivity index (χ0n) is 22.8. The lowest BCUT2D eigenvalue weighted by Crippen LogP contribution is -2.34. The quantitative estimate of drug-likeness (QED) is 0.382. The van der Waals surface area contributed by atoms with Crippen LogP contribution in [0.5, 0.6) is 11.5 Å². The maximum atomic E-state index is 12.9. The number of Topliss-reactive ketones (excluding diaryl/α,β-unsaturated/α-hetero) is 1. The van der Waals surface area contributed by atoms with Crippen LogP contribution in [-0.4, -0.2) is 51.0 Å². The molecule has 208 valence electrons. The number of carbonyl (C=O) groups excluding carboxylic acids is 1. The van der Waals surface area contributed by atoms with Crippen molar-refractivity contribution >= 4 is 15.9 Å². The standard InChI is InChI=1S/C24H29NO3.C7H8O3S/c1-27-22-14-19-13-20(24(26)21(19)15-23(22)28-2)12-17-8-10-25(11-9-17)16-18-6-4-3-5-7-18;1-6-2-4-7(5-3-6)11(8,9)10/h3-7,14-15,17,20H,8-13,16H2,1-2H3;2-5H,1H3,(H,8,9,10). The minimum Gasteiger partial charge on any atom is -0.493 e. The van der Waals surface area contributed by atoms with Gasteiger partial charge in [0.05, 0.1) is 19.1 Å². The number of likely N-dealkylation sites (tertiary alicyclic amines) is 1. The SMILES string of the molecule is COc1cc2c(cc1OC)C(=O)C(CC1CCN(Cc3ccccc3)CC1)C2.Cc1ccc(S(=O)(=O)O)cc1. The fourth-order valence-electron chi connectivity index (χ4n) is 5.42. The van der Waals surface area contributed by atoms with Crippen LogP contribution in [-0.2, 0) is 23.1 Å². The zero-order valence-corrected chi connectivity index (χ0v) is 23.6.